The molecule has 6 nitrogen and oxygen atoms in total. The fourth-order valence-corrected chi connectivity index (χ4v) is 3.40. The second-order valence-corrected chi connectivity index (χ2v) is 7.64. The maximum atomic E-state index is 13.0. The molecule has 1 aliphatic rings. The van der Waals surface area contributed by atoms with Gasteiger partial charge in [-0.3, -0.25) is 14.7 Å². The van der Waals surface area contributed by atoms with Crippen molar-refractivity contribution in [1.82, 2.24) is 14.5 Å². The van der Waals surface area contributed by atoms with Gasteiger partial charge >= 0.3 is 6.18 Å². The third-order valence-electron chi connectivity index (χ3n) is 4.35. The van der Waals surface area contributed by atoms with E-state index in [0.29, 0.717) is 0 Å². The molecule has 3 heterocycles. The Morgan fingerprint density at radius 1 is 1.41 bits per heavy atom. The zero-order chi connectivity index (χ0) is 19.8. The molecule has 0 radical (unpaired) electrons. The quantitative estimate of drug-likeness (QED) is 0.770. The average Bonchev–Trinajstić information content (AvgIpc) is 2.81. The van der Waals surface area contributed by atoms with Gasteiger partial charge in [0.1, 0.15) is 17.2 Å². The first-order valence-corrected chi connectivity index (χ1v) is 8.97. The van der Waals surface area contributed by atoms with E-state index in [1.54, 1.807) is 0 Å². The zero-order valence-corrected chi connectivity index (χ0v) is 15.7. The summed E-state index contributed by atoms with van der Waals surface area (Å²) in [6.07, 6.45) is -2.17. The molecule has 2 aromatic rings. The summed E-state index contributed by atoms with van der Waals surface area (Å²) in [5.74, 6) is -0.667. The summed E-state index contributed by atoms with van der Waals surface area (Å²) < 4.78 is 45.6. The summed E-state index contributed by atoms with van der Waals surface area (Å²) >= 11 is 5.80. The number of fused-ring (bicyclic) bond motifs is 1. The number of carbonyl (C=O) groups is 1. The van der Waals surface area contributed by atoms with Crippen molar-refractivity contribution in [3.8, 4) is 0 Å². The third-order valence-corrected chi connectivity index (χ3v) is 4.56. The van der Waals surface area contributed by atoms with Crippen molar-refractivity contribution in [2.75, 3.05) is 5.32 Å². The lowest BCUT2D eigenvalue weighted by atomic mass is 9.94. The van der Waals surface area contributed by atoms with Gasteiger partial charge in [-0.1, -0.05) is 11.6 Å². The molecular formula is C17H20ClF3N4O2. The van der Waals surface area contributed by atoms with Crippen molar-refractivity contribution < 1.29 is 22.7 Å². The van der Waals surface area contributed by atoms with Crippen LogP contribution in [0.2, 0.25) is 5.15 Å². The Morgan fingerprint density at radius 3 is 2.81 bits per heavy atom. The fourth-order valence-electron chi connectivity index (χ4n) is 3.25. The smallest absolute Gasteiger partial charge is 0.372 e. The first kappa shape index (κ1) is 19.9. The molecule has 3 rings (SSSR count). The number of carbonyl (C=O) groups excluding carboxylic acids is 1. The van der Waals surface area contributed by atoms with Crippen molar-refractivity contribution in [3.05, 3.63) is 17.3 Å². The van der Waals surface area contributed by atoms with Gasteiger partial charge < -0.3 is 4.74 Å². The van der Waals surface area contributed by atoms with Gasteiger partial charge in [0.25, 0.3) is 0 Å². The summed E-state index contributed by atoms with van der Waals surface area (Å²) in [5.41, 5.74) is -0.132. The monoisotopic (exact) mass is 404 g/mol. The Morgan fingerprint density at radius 2 is 2.15 bits per heavy atom. The van der Waals surface area contributed by atoms with E-state index in [2.05, 4.69) is 15.3 Å². The van der Waals surface area contributed by atoms with E-state index in [0.717, 1.165) is 23.8 Å². The molecule has 0 aliphatic carbocycles. The zero-order valence-electron chi connectivity index (χ0n) is 14.9. The van der Waals surface area contributed by atoms with E-state index < -0.39 is 18.6 Å². The lowest BCUT2D eigenvalue weighted by Crippen LogP contribution is -2.37. The summed E-state index contributed by atoms with van der Waals surface area (Å²) in [5, 5.41) is 2.51. The van der Waals surface area contributed by atoms with Crippen LogP contribution >= 0.6 is 11.6 Å². The number of halogens is 4. The molecule has 148 valence electrons. The van der Waals surface area contributed by atoms with Crippen molar-refractivity contribution in [3.63, 3.8) is 0 Å². The van der Waals surface area contributed by atoms with Crippen LogP contribution in [0.3, 0.4) is 0 Å². The molecule has 0 unspecified atom stereocenters. The van der Waals surface area contributed by atoms with Crippen molar-refractivity contribution in [2.45, 2.75) is 64.0 Å². The van der Waals surface area contributed by atoms with Gasteiger partial charge in [0.05, 0.1) is 18.1 Å². The van der Waals surface area contributed by atoms with Crippen LogP contribution in [-0.4, -0.2) is 38.3 Å². The minimum Gasteiger partial charge on any atom is -0.372 e. The Hall–Kier alpha value is -1.87. The van der Waals surface area contributed by atoms with E-state index in [1.165, 1.54) is 12.1 Å². The Kier molecular flexibility index (Phi) is 5.36. The number of ether oxygens (including phenoxy) is 1. The van der Waals surface area contributed by atoms with Crippen LogP contribution in [0.5, 0.6) is 0 Å². The molecule has 1 fully saturated rings. The molecular weight excluding hydrogens is 385 g/mol. The second-order valence-electron chi connectivity index (χ2n) is 7.26. The van der Waals surface area contributed by atoms with Crippen LogP contribution in [0.1, 0.15) is 39.5 Å². The average molecular weight is 405 g/mol. The molecule has 10 heteroatoms. The number of nitrogens with zero attached hydrogens (tertiary/aromatic N) is 3. The molecule has 2 aromatic heterocycles. The Labute approximate surface area is 159 Å². The third kappa shape index (κ3) is 5.10. The van der Waals surface area contributed by atoms with Gasteiger partial charge in [-0.25, -0.2) is 9.97 Å². The topological polar surface area (TPSA) is 69.0 Å². The van der Waals surface area contributed by atoms with E-state index >= 15 is 0 Å². The fraction of sp³-hybridized carbons (Fsp3) is 0.588. The Balaban J connectivity index is 1.81. The van der Waals surface area contributed by atoms with Crippen LogP contribution in [-0.2, 0) is 16.1 Å². The maximum Gasteiger partial charge on any atom is 0.406 e. The molecule has 0 aromatic carbocycles. The molecule has 1 N–H and O–H groups in total. The van der Waals surface area contributed by atoms with Gasteiger partial charge in [0.2, 0.25) is 11.9 Å². The second kappa shape index (κ2) is 7.27. The van der Waals surface area contributed by atoms with Crippen molar-refractivity contribution in [2.24, 2.45) is 0 Å². The van der Waals surface area contributed by atoms with Crippen LogP contribution < -0.4 is 5.32 Å². The Bertz CT molecular complexity index is 851. The molecule has 27 heavy (non-hydrogen) atoms. The molecule has 1 aliphatic heterocycles. The number of alkyl halides is 3. The summed E-state index contributed by atoms with van der Waals surface area (Å²) in [4.78, 5) is 20.4. The number of aromatic nitrogens is 3. The molecule has 0 saturated carbocycles. The van der Waals surface area contributed by atoms with Gasteiger partial charge in [-0.05, 0) is 45.2 Å². The van der Waals surface area contributed by atoms with E-state index in [1.807, 2.05) is 13.8 Å². The molecule has 1 atom stereocenters. The number of rotatable bonds is 4. The number of pyridine rings is 1. The molecule has 0 bridgehead atoms. The number of hydrogen-bond donors (Lipinski definition) is 1. The van der Waals surface area contributed by atoms with Crippen molar-refractivity contribution >= 4 is 34.6 Å². The number of anilines is 1. The van der Waals surface area contributed by atoms with Gasteiger partial charge in [0.15, 0.2) is 5.65 Å². The minimum absolute atomic E-state index is 0.0369. The standard InChI is InChI=1S/C17H20ClF3N4O2/c1-16(2)7-3-4-10(27-16)8-13(26)24-15-22-11-5-6-12(18)23-14(11)25(15)9-17(19,20)21/h5-6,10H,3-4,7-9H2,1-2H3,(H,22,24,26)/t10-/m0/s1. The number of nitrogens with one attached hydrogen (secondary N) is 1. The van der Waals surface area contributed by atoms with Gasteiger partial charge in [0, 0.05) is 0 Å². The van der Waals surface area contributed by atoms with Crippen molar-refractivity contribution in [1.29, 1.82) is 0 Å². The molecule has 1 saturated heterocycles. The highest BCUT2D eigenvalue weighted by molar-refractivity contribution is 6.29. The van der Waals surface area contributed by atoms with Gasteiger partial charge in [-0.2, -0.15) is 13.2 Å². The van der Waals surface area contributed by atoms with Crippen LogP contribution in [0.15, 0.2) is 12.1 Å². The normalized spacial score (nSPS) is 20.0. The van der Waals surface area contributed by atoms with E-state index in [9.17, 15) is 18.0 Å². The summed E-state index contributed by atoms with van der Waals surface area (Å²) in [6, 6.07) is 2.89. The first-order valence-electron chi connectivity index (χ1n) is 8.60. The number of imidazole rings is 1. The lowest BCUT2D eigenvalue weighted by Gasteiger charge is -2.35. The van der Waals surface area contributed by atoms with Crippen LogP contribution in [0, 0.1) is 0 Å². The SMILES string of the molecule is CC1(C)CCC[C@@H](CC(=O)Nc2nc3ccc(Cl)nc3n2CC(F)(F)F)O1. The van der Waals surface area contributed by atoms with Crippen LogP contribution in [0.25, 0.3) is 11.2 Å². The predicted molar refractivity (Wildman–Crippen MR) is 94.6 cm³/mol. The summed E-state index contributed by atoms with van der Waals surface area (Å²) in [7, 11) is 0. The molecule has 0 spiro atoms. The van der Waals surface area contributed by atoms with Gasteiger partial charge in [-0.15, -0.1) is 0 Å². The predicted octanol–water partition coefficient (Wildman–Crippen LogP) is 4.32. The first-order chi connectivity index (χ1) is 12.5. The number of amides is 1. The lowest BCUT2D eigenvalue weighted by molar-refractivity contribution is -0.140. The molecule has 1 amide bonds. The highest BCUT2D eigenvalue weighted by Crippen LogP contribution is 2.30. The largest absolute Gasteiger partial charge is 0.406 e. The number of hydrogen-bond acceptors (Lipinski definition) is 4. The summed E-state index contributed by atoms with van der Waals surface area (Å²) in [6.45, 7) is 2.57. The minimum atomic E-state index is -4.51. The highest BCUT2D eigenvalue weighted by atomic mass is 35.5. The van der Waals surface area contributed by atoms with E-state index in [4.69, 9.17) is 16.3 Å². The van der Waals surface area contributed by atoms with Crippen LogP contribution in [0.4, 0.5) is 19.1 Å². The highest BCUT2D eigenvalue weighted by Gasteiger charge is 2.32. The van der Waals surface area contributed by atoms with E-state index in [-0.39, 0.29) is 40.4 Å². The maximum absolute atomic E-state index is 13.0.